The second-order valence-electron chi connectivity index (χ2n) is 4.33. The second kappa shape index (κ2) is 6.63. The maximum atomic E-state index is 11.8. The number of carbonyl (C=O) groups is 2. The molecule has 0 radical (unpaired) electrons. The van der Waals surface area contributed by atoms with Gasteiger partial charge in [-0.1, -0.05) is 13.8 Å². The highest BCUT2D eigenvalue weighted by Gasteiger charge is 2.23. The zero-order valence-corrected chi connectivity index (χ0v) is 12.1. The van der Waals surface area contributed by atoms with Gasteiger partial charge < -0.3 is 15.7 Å². The number of aliphatic hydroxyl groups is 1. The number of nitrogens with zero attached hydrogens (tertiary/aromatic N) is 1. The quantitative estimate of drug-likeness (QED) is 0.736. The van der Waals surface area contributed by atoms with E-state index in [1.807, 2.05) is 13.8 Å². The van der Waals surface area contributed by atoms with E-state index in [1.165, 1.54) is 18.3 Å². The molecule has 1 heterocycles. The molecule has 1 rings (SSSR count). The first-order valence-electron chi connectivity index (χ1n) is 6.14. The SMILES string of the molecule is CCC(O)(CC)CNC(=O)c1csc(NC(C)=O)n1. The molecule has 6 nitrogen and oxygen atoms in total. The average Bonchev–Trinajstić information content (AvgIpc) is 2.83. The van der Waals surface area contributed by atoms with Crippen LogP contribution in [-0.4, -0.2) is 34.1 Å². The third-order valence-electron chi connectivity index (χ3n) is 2.91. The van der Waals surface area contributed by atoms with Gasteiger partial charge in [0.05, 0.1) is 5.60 Å². The molecule has 0 atom stereocenters. The molecule has 1 aromatic heterocycles. The summed E-state index contributed by atoms with van der Waals surface area (Å²) in [5.41, 5.74) is -0.644. The largest absolute Gasteiger partial charge is 0.388 e. The van der Waals surface area contributed by atoms with Crippen molar-refractivity contribution in [1.29, 1.82) is 0 Å². The monoisotopic (exact) mass is 285 g/mol. The van der Waals surface area contributed by atoms with Crippen molar-refractivity contribution in [2.24, 2.45) is 0 Å². The number of amides is 2. The first kappa shape index (κ1) is 15.6. The highest BCUT2D eigenvalue weighted by molar-refractivity contribution is 7.14. The van der Waals surface area contributed by atoms with E-state index in [-0.39, 0.29) is 24.1 Å². The molecule has 0 unspecified atom stereocenters. The maximum Gasteiger partial charge on any atom is 0.270 e. The molecule has 0 aromatic carbocycles. The lowest BCUT2D eigenvalue weighted by atomic mass is 9.97. The van der Waals surface area contributed by atoms with Gasteiger partial charge >= 0.3 is 0 Å². The molecule has 3 N–H and O–H groups in total. The van der Waals surface area contributed by atoms with Crippen molar-refractivity contribution in [1.82, 2.24) is 10.3 Å². The van der Waals surface area contributed by atoms with Crippen molar-refractivity contribution in [2.45, 2.75) is 39.2 Å². The summed E-state index contributed by atoms with van der Waals surface area (Å²) in [7, 11) is 0. The van der Waals surface area contributed by atoms with Crippen LogP contribution in [0, 0.1) is 0 Å². The number of rotatable bonds is 6. The van der Waals surface area contributed by atoms with Crippen LogP contribution in [0.1, 0.15) is 44.1 Å². The Kier molecular flexibility index (Phi) is 5.44. The van der Waals surface area contributed by atoms with Crippen LogP contribution in [0.2, 0.25) is 0 Å². The van der Waals surface area contributed by atoms with Crippen LogP contribution in [0.25, 0.3) is 0 Å². The number of anilines is 1. The third-order valence-corrected chi connectivity index (χ3v) is 3.67. The van der Waals surface area contributed by atoms with Gasteiger partial charge in [0.1, 0.15) is 5.69 Å². The fourth-order valence-electron chi connectivity index (χ4n) is 1.42. The van der Waals surface area contributed by atoms with Crippen molar-refractivity contribution in [3.05, 3.63) is 11.1 Å². The summed E-state index contributed by atoms with van der Waals surface area (Å²) in [4.78, 5) is 26.7. The van der Waals surface area contributed by atoms with Gasteiger partial charge in [-0.15, -0.1) is 11.3 Å². The van der Waals surface area contributed by atoms with Crippen LogP contribution >= 0.6 is 11.3 Å². The van der Waals surface area contributed by atoms with Crippen molar-refractivity contribution in [3.63, 3.8) is 0 Å². The van der Waals surface area contributed by atoms with E-state index in [4.69, 9.17) is 0 Å². The zero-order chi connectivity index (χ0) is 14.5. The smallest absolute Gasteiger partial charge is 0.270 e. The average molecular weight is 285 g/mol. The Bertz CT molecular complexity index is 455. The Hall–Kier alpha value is -1.47. The van der Waals surface area contributed by atoms with Gasteiger partial charge in [-0.05, 0) is 12.8 Å². The first-order valence-corrected chi connectivity index (χ1v) is 7.02. The summed E-state index contributed by atoms with van der Waals surface area (Å²) in [6.45, 7) is 5.30. The summed E-state index contributed by atoms with van der Waals surface area (Å²) in [6, 6.07) is 0. The normalized spacial score (nSPS) is 11.2. The predicted octanol–water partition coefficient (Wildman–Crippen LogP) is 1.38. The van der Waals surface area contributed by atoms with E-state index in [2.05, 4.69) is 15.6 Å². The van der Waals surface area contributed by atoms with Gasteiger partial charge in [-0.25, -0.2) is 4.98 Å². The molecule has 0 aliphatic carbocycles. The molecule has 0 bridgehead atoms. The molecule has 0 saturated carbocycles. The number of hydrogen-bond donors (Lipinski definition) is 3. The number of carbonyl (C=O) groups excluding carboxylic acids is 2. The van der Waals surface area contributed by atoms with Crippen molar-refractivity contribution < 1.29 is 14.7 Å². The van der Waals surface area contributed by atoms with Crippen molar-refractivity contribution in [2.75, 3.05) is 11.9 Å². The summed E-state index contributed by atoms with van der Waals surface area (Å²) in [5.74, 6) is -0.583. The number of aromatic nitrogens is 1. The molecule has 19 heavy (non-hydrogen) atoms. The van der Waals surface area contributed by atoms with E-state index in [9.17, 15) is 14.7 Å². The highest BCUT2D eigenvalue weighted by Crippen LogP contribution is 2.16. The Morgan fingerprint density at radius 3 is 2.58 bits per heavy atom. The molecule has 0 fully saturated rings. The van der Waals surface area contributed by atoms with Crippen LogP contribution in [0.15, 0.2) is 5.38 Å². The topological polar surface area (TPSA) is 91.3 Å². The van der Waals surface area contributed by atoms with Crippen LogP contribution in [0.4, 0.5) is 5.13 Å². The second-order valence-corrected chi connectivity index (χ2v) is 5.19. The molecule has 2 amide bonds. The molecule has 0 aliphatic rings. The van der Waals surface area contributed by atoms with Crippen LogP contribution < -0.4 is 10.6 Å². The van der Waals surface area contributed by atoms with Crippen LogP contribution in [0.5, 0.6) is 0 Å². The summed E-state index contributed by atoms with van der Waals surface area (Å²) >= 11 is 1.18. The van der Waals surface area contributed by atoms with Crippen LogP contribution in [-0.2, 0) is 4.79 Å². The lowest BCUT2D eigenvalue weighted by Gasteiger charge is -2.25. The predicted molar refractivity (Wildman–Crippen MR) is 74.3 cm³/mol. The van der Waals surface area contributed by atoms with E-state index in [0.29, 0.717) is 18.0 Å². The lowest BCUT2D eigenvalue weighted by molar-refractivity contribution is -0.114. The molecule has 106 valence electrons. The van der Waals surface area contributed by atoms with Gasteiger partial charge in [0.15, 0.2) is 5.13 Å². The number of hydrogen-bond acceptors (Lipinski definition) is 5. The van der Waals surface area contributed by atoms with E-state index < -0.39 is 5.60 Å². The minimum Gasteiger partial charge on any atom is -0.388 e. The fourth-order valence-corrected chi connectivity index (χ4v) is 2.16. The minimum atomic E-state index is -0.883. The molecular formula is C12H19N3O3S. The van der Waals surface area contributed by atoms with E-state index in [0.717, 1.165) is 0 Å². The van der Waals surface area contributed by atoms with Gasteiger partial charge in [0.25, 0.3) is 5.91 Å². The van der Waals surface area contributed by atoms with Gasteiger partial charge in [0, 0.05) is 18.8 Å². The van der Waals surface area contributed by atoms with E-state index in [1.54, 1.807) is 5.38 Å². The third kappa shape index (κ3) is 4.60. The van der Waals surface area contributed by atoms with Crippen molar-refractivity contribution >= 4 is 28.3 Å². The molecule has 0 saturated heterocycles. The Balaban J connectivity index is 2.59. The standard InChI is InChI=1S/C12H19N3O3S/c1-4-12(18,5-2)7-13-10(17)9-6-19-11(15-9)14-8(3)16/h6,18H,4-5,7H2,1-3H3,(H,13,17)(H,14,15,16). The number of thiazole rings is 1. The zero-order valence-electron chi connectivity index (χ0n) is 11.3. The highest BCUT2D eigenvalue weighted by atomic mass is 32.1. The van der Waals surface area contributed by atoms with Crippen molar-refractivity contribution in [3.8, 4) is 0 Å². The Labute approximate surface area is 116 Å². The maximum absolute atomic E-state index is 11.8. The summed E-state index contributed by atoms with van der Waals surface area (Å²) in [6.07, 6.45) is 1.13. The molecule has 0 spiro atoms. The Morgan fingerprint density at radius 1 is 1.42 bits per heavy atom. The van der Waals surface area contributed by atoms with Crippen LogP contribution in [0.3, 0.4) is 0 Å². The summed E-state index contributed by atoms with van der Waals surface area (Å²) in [5, 5.41) is 17.2. The molecular weight excluding hydrogens is 266 g/mol. The van der Waals surface area contributed by atoms with Gasteiger partial charge in [-0.3, -0.25) is 9.59 Å². The van der Waals surface area contributed by atoms with Gasteiger partial charge in [0.2, 0.25) is 5.91 Å². The number of nitrogens with one attached hydrogen (secondary N) is 2. The first-order chi connectivity index (χ1) is 8.90. The minimum absolute atomic E-state index is 0.186. The summed E-state index contributed by atoms with van der Waals surface area (Å²) < 4.78 is 0. The van der Waals surface area contributed by atoms with Gasteiger partial charge in [-0.2, -0.15) is 0 Å². The molecule has 7 heteroatoms. The van der Waals surface area contributed by atoms with E-state index >= 15 is 0 Å². The molecule has 1 aromatic rings. The lowest BCUT2D eigenvalue weighted by Crippen LogP contribution is -2.42. The molecule has 0 aliphatic heterocycles. The Morgan fingerprint density at radius 2 is 2.05 bits per heavy atom. The fraction of sp³-hybridized carbons (Fsp3) is 0.583.